The number of aliphatic imine (C=N–C) groups is 1. The Balaban J connectivity index is 3.29. The molecule has 0 aromatic heterocycles. The molecule has 0 saturated carbocycles. The minimum Gasteiger partial charge on any atom is -0.219 e. The summed E-state index contributed by atoms with van der Waals surface area (Å²) in [6, 6.07) is 0. The van der Waals surface area contributed by atoms with Gasteiger partial charge in [0.1, 0.15) is 6.54 Å². The lowest BCUT2D eigenvalue weighted by atomic mass is 10.6. The van der Waals surface area contributed by atoms with Crippen LogP contribution in [0, 0.1) is 11.8 Å². The summed E-state index contributed by atoms with van der Waals surface area (Å²) in [4.78, 5) is 3.54. The summed E-state index contributed by atoms with van der Waals surface area (Å²) < 4.78 is 0. The molecule has 0 atom stereocenters. The van der Waals surface area contributed by atoms with Crippen LogP contribution < -0.4 is 0 Å². The minimum atomic E-state index is 0.354. The van der Waals surface area contributed by atoms with Crippen molar-refractivity contribution in [3.8, 4) is 11.8 Å². The largest absolute Gasteiger partial charge is 0.219 e. The second-order valence-corrected chi connectivity index (χ2v) is 1.34. The van der Waals surface area contributed by atoms with E-state index in [2.05, 4.69) is 34.2 Å². The maximum Gasteiger partial charge on any atom is 0.110 e. The van der Waals surface area contributed by atoms with E-state index >= 15 is 0 Å². The number of thiocarbonyl (C=S) groups is 1. The Morgan fingerprint density at radius 3 is 2.75 bits per heavy atom. The van der Waals surface area contributed by atoms with Gasteiger partial charge in [0.25, 0.3) is 0 Å². The van der Waals surface area contributed by atoms with E-state index in [0.717, 1.165) is 0 Å². The Morgan fingerprint density at radius 1 is 1.50 bits per heavy atom. The normalized spacial score (nSPS) is 6.12. The van der Waals surface area contributed by atoms with Crippen molar-refractivity contribution in [3.63, 3.8) is 0 Å². The van der Waals surface area contributed by atoms with Crippen molar-refractivity contribution in [2.24, 2.45) is 4.99 Å². The number of nitrogens with zero attached hydrogens (tertiary/aromatic N) is 1. The maximum absolute atomic E-state index is 5.22. The van der Waals surface area contributed by atoms with Crippen molar-refractivity contribution in [2.45, 2.75) is 0 Å². The Kier molecular flexibility index (Phi) is 6.36. The van der Waals surface area contributed by atoms with E-state index in [1.807, 2.05) is 0 Å². The Hall–Kier alpha value is -0.350. The van der Waals surface area contributed by atoms with Gasteiger partial charge in [-0.05, 0) is 12.2 Å². The van der Waals surface area contributed by atoms with Crippen LogP contribution in [0.2, 0.25) is 0 Å². The molecule has 0 rings (SSSR count). The standard InChI is InChI=1S/C5H4ClNS/c6-3-1-2-4-7-5-8/h3-4H2. The molecule has 0 aliphatic carbocycles. The van der Waals surface area contributed by atoms with E-state index in [1.165, 1.54) is 0 Å². The first-order valence-electron chi connectivity index (χ1n) is 1.97. The van der Waals surface area contributed by atoms with Gasteiger partial charge in [-0.3, -0.25) is 0 Å². The monoisotopic (exact) mass is 145 g/mol. The number of alkyl halides is 1. The smallest absolute Gasteiger partial charge is 0.110 e. The van der Waals surface area contributed by atoms with Gasteiger partial charge in [-0.25, -0.2) is 4.99 Å². The molecule has 0 spiro atoms. The van der Waals surface area contributed by atoms with Crippen molar-refractivity contribution >= 4 is 29.0 Å². The van der Waals surface area contributed by atoms with Gasteiger partial charge in [0.15, 0.2) is 0 Å². The highest BCUT2D eigenvalue weighted by Gasteiger charge is 1.63. The summed E-state index contributed by atoms with van der Waals surface area (Å²) in [6.07, 6.45) is 0. The quantitative estimate of drug-likeness (QED) is 0.235. The van der Waals surface area contributed by atoms with Crippen LogP contribution in [-0.2, 0) is 0 Å². The molecule has 0 saturated heterocycles. The molecule has 0 fully saturated rings. The van der Waals surface area contributed by atoms with Gasteiger partial charge in [-0.1, -0.05) is 11.8 Å². The van der Waals surface area contributed by atoms with Gasteiger partial charge in [0.2, 0.25) is 0 Å². The molecule has 0 radical (unpaired) electrons. The number of hydrogen-bond donors (Lipinski definition) is 0. The Bertz CT molecular complexity index is 150. The second-order valence-electron chi connectivity index (χ2n) is 0.895. The summed E-state index contributed by atoms with van der Waals surface area (Å²) >= 11 is 9.50. The third-order valence-corrected chi connectivity index (χ3v) is 0.677. The summed E-state index contributed by atoms with van der Waals surface area (Å²) in [6.45, 7) is 0.413. The van der Waals surface area contributed by atoms with E-state index in [-0.39, 0.29) is 0 Å². The molecule has 0 N–H and O–H groups in total. The molecule has 0 bridgehead atoms. The minimum absolute atomic E-state index is 0.354. The molecule has 3 heteroatoms. The van der Waals surface area contributed by atoms with Crippen LogP contribution in [0.25, 0.3) is 0 Å². The van der Waals surface area contributed by atoms with Crippen LogP contribution in [0.3, 0.4) is 0 Å². The SMILES string of the molecule is S=C=NCC#CCCl. The topological polar surface area (TPSA) is 12.4 Å². The van der Waals surface area contributed by atoms with Crippen molar-refractivity contribution in [3.05, 3.63) is 0 Å². The van der Waals surface area contributed by atoms with Crippen molar-refractivity contribution in [1.82, 2.24) is 0 Å². The van der Waals surface area contributed by atoms with Gasteiger partial charge in [-0.2, -0.15) is 0 Å². The molecule has 0 aromatic rings. The lowest BCUT2D eigenvalue weighted by molar-refractivity contribution is 1.31. The Labute approximate surface area is 58.8 Å². The predicted molar refractivity (Wildman–Crippen MR) is 38.4 cm³/mol. The van der Waals surface area contributed by atoms with Crippen LogP contribution in [-0.4, -0.2) is 17.6 Å². The van der Waals surface area contributed by atoms with E-state index in [0.29, 0.717) is 12.4 Å². The highest BCUT2D eigenvalue weighted by atomic mass is 35.5. The Morgan fingerprint density at radius 2 is 2.25 bits per heavy atom. The van der Waals surface area contributed by atoms with E-state index < -0.39 is 0 Å². The van der Waals surface area contributed by atoms with Gasteiger partial charge >= 0.3 is 0 Å². The number of isothiocyanates is 1. The average Bonchev–Trinajstić information content (AvgIpc) is 1.81. The predicted octanol–water partition coefficient (Wildman–Crippen LogP) is 1.33. The summed E-state index contributed by atoms with van der Waals surface area (Å²) in [7, 11) is 0. The first-order chi connectivity index (χ1) is 3.91. The summed E-state index contributed by atoms with van der Waals surface area (Å²) in [5.74, 6) is 5.63. The fraction of sp³-hybridized carbons (Fsp3) is 0.400. The lowest BCUT2D eigenvalue weighted by Gasteiger charge is -1.68. The van der Waals surface area contributed by atoms with Crippen molar-refractivity contribution in [1.29, 1.82) is 0 Å². The molecule has 0 unspecified atom stereocenters. The van der Waals surface area contributed by atoms with Gasteiger partial charge < -0.3 is 0 Å². The number of hydrogen-bond acceptors (Lipinski definition) is 2. The van der Waals surface area contributed by atoms with Crippen LogP contribution in [0.1, 0.15) is 0 Å². The number of halogens is 1. The first-order valence-corrected chi connectivity index (χ1v) is 2.91. The zero-order chi connectivity index (χ0) is 6.24. The molecule has 0 aliphatic rings. The third kappa shape index (κ3) is 5.65. The fourth-order valence-corrected chi connectivity index (χ4v) is 0.334. The number of rotatable bonds is 1. The highest BCUT2D eigenvalue weighted by Crippen LogP contribution is 1.67. The molecule has 1 nitrogen and oxygen atoms in total. The second kappa shape index (κ2) is 6.65. The zero-order valence-electron chi connectivity index (χ0n) is 4.15. The van der Waals surface area contributed by atoms with Crippen LogP contribution in [0.15, 0.2) is 4.99 Å². The van der Waals surface area contributed by atoms with E-state index in [1.54, 1.807) is 0 Å². The first kappa shape index (κ1) is 7.65. The van der Waals surface area contributed by atoms with Gasteiger partial charge in [0.05, 0.1) is 11.0 Å². The third-order valence-electron chi connectivity index (χ3n) is 0.414. The summed E-state index contributed by atoms with van der Waals surface area (Å²) in [5, 5.41) is 2.19. The van der Waals surface area contributed by atoms with Crippen LogP contribution in [0.5, 0.6) is 0 Å². The molecular weight excluding hydrogens is 142 g/mol. The molecule has 8 heavy (non-hydrogen) atoms. The van der Waals surface area contributed by atoms with E-state index in [9.17, 15) is 0 Å². The molecule has 0 aliphatic heterocycles. The van der Waals surface area contributed by atoms with Crippen molar-refractivity contribution in [2.75, 3.05) is 12.4 Å². The molecule has 0 amide bonds. The molecule has 42 valence electrons. The van der Waals surface area contributed by atoms with Gasteiger partial charge in [-0.15, -0.1) is 11.6 Å². The van der Waals surface area contributed by atoms with Crippen LogP contribution >= 0.6 is 23.8 Å². The lowest BCUT2D eigenvalue weighted by Crippen LogP contribution is -1.69. The van der Waals surface area contributed by atoms with E-state index in [4.69, 9.17) is 11.6 Å². The summed E-state index contributed by atoms with van der Waals surface area (Å²) in [5.41, 5.74) is 0. The maximum atomic E-state index is 5.22. The van der Waals surface area contributed by atoms with Crippen molar-refractivity contribution < 1.29 is 0 Å². The fourth-order valence-electron chi connectivity index (χ4n) is 0.175. The average molecular weight is 146 g/mol. The highest BCUT2D eigenvalue weighted by molar-refractivity contribution is 7.78. The van der Waals surface area contributed by atoms with Gasteiger partial charge in [0, 0.05) is 0 Å². The molecule has 0 aromatic carbocycles. The molecular formula is C5H4ClNS. The molecule has 0 heterocycles. The van der Waals surface area contributed by atoms with Crippen LogP contribution in [0.4, 0.5) is 0 Å². The zero-order valence-corrected chi connectivity index (χ0v) is 5.72.